The van der Waals surface area contributed by atoms with Crippen molar-refractivity contribution in [2.45, 2.75) is 350 Å². The van der Waals surface area contributed by atoms with Crippen molar-refractivity contribution in [2.24, 2.45) is 0 Å². The summed E-state index contributed by atoms with van der Waals surface area (Å²) < 4.78 is 0. The van der Waals surface area contributed by atoms with Crippen LogP contribution in [0.25, 0.3) is 44.5 Å². The Morgan fingerprint density at radius 1 is 0.155 bits per heavy atom. The highest BCUT2D eigenvalue weighted by Gasteiger charge is 2.27. The number of unbranched alkanes of at least 4 members (excludes halogenated alkanes) is 36. The molecule has 0 bridgehead atoms. The topological polar surface area (TPSA) is 0 Å². The summed E-state index contributed by atoms with van der Waals surface area (Å²) in [6, 6.07) is 40.2. The molecule has 0 heterocycles. The van der Waals surface area contributed by atoms with Gasteiger partial charge in [-0.3, -0.25) is 0 Å². The first-order valence-electron chi connectivity index (χ1n) is 37.1. The molecule has 0 N–H and O–H groups in total. The van der Waals surface area contributed by atoms with Gasteiger partial charge in [0.15, 0.2) is 0 Å². The molecule has 0 aliphatic heterocycles. The van der Waals surface area contributed by atoms with Gasteiger partial charge in [-0.15, -0.1) is 0 Å². The molecule has 5 aromatic carbocycles. The highest BCUT2D eigenvalue weighted by Crippen LogP contribution is 2.51. The average Bonchev–Trinajstić information content (AvgIpc) is 1.72. The van der Waals surface area contributed by atoms with E-state index in [0.29, 0.717) is 0 Å². The minimum atomic E-state index is 1.08. The SMILES string of the molecule is CCCCCCCCCCCCc1ccc(-c2c(CCC)c(CCC)c(-c3ccc(CCCCCCCCCCCC)cc3)c(-c3ccc(CCCCCCCCCCCC)cc3)c2-c2ccc(CCCCCCCCCCCC)cc2)cc1. The van der Waals surface area contributed by atoms with Gasteiger partial charge in [0.05, 0.1) is 0 Å². The molecule has 5 rings (SSSR count). The predicted molar refractivity (Wildman–Crippen MR) is 378 cm³/mol. The van der Waals surface area contributed by atoms with Crippen molar-refractivity contribution in [3.05, 3.63) is 130 Å². The monoisotopic (exact) mass is 1140 g/mol. The summed E-state index contributed by atoms with van der Waals surface area (Å²) in [7, 11) is 0. The quantitative estimate of drug-likeness (QED) is 0.0341. The Kier molecular flexibility index (Phi) is 39.0. The van der Waals surface area contributed by atoms with Gasteiger partial charge in [0, 0.05) is 0 Å². The Labute approximate surface area is 521 Å². The minimum absolute atomic E-state index is 1.08. The summed E-state index contributed by atoms with van der Waals surface area (Å²) in [6.45, 7) is 14.1. The molecule has 0 amide bonds. The number of rotatable bonds is 52. The normalized spacial score (nSPS) is 11.6. The minimum Gasteiger partial charge on any atom is -0.0654 e. The van der Waals surface area contributed by atoms with Gasteiger partial charge in [-0.2, -0.15) is 0 Å². The number of hydrogen-bond acceptors (Lipinski definition) is 0. The second-order valence-electron chi connectivity index (χ2n) is 26.5. The van der Waals surface area contributed by atoms with E-state index in [2.05, 4.69) is 139 Å². The van der Waals surface area contributed by atoms with Gasteiger partial charge in [0.1, 0.15) is 0 Å². The van der Waals surface area contributed by atoms with Gasteiger partial charge in [-0.1, -0.05) is 383 Å². The Balaban J connectivity index is 1.52. The predicted octanol–water partition coefficient (Wildman–Crippen LogP) is 28.1. The Morgan fingerprint density at radius 3 is 0.500 bits per heavy atom. The van der Waals surface area contributed by atoms with Crippen molar-refractivity contribution >= 4 is 0 Å². The van der Waals surface area contributed by atoms with E-state index >= 15 is 0 Å². The molecule has 0 aromatic heterocycles. The molecule has 0 saturated heterocycles. The van der Waals surface area contributed by atoms with Crippen LogP contribution in [0.15, 0.2) is 97.1 Å². The molecular weight excluding hydrogens is 1010 g/mol. The highest BCUT2D eigenvalue weighted by atomic mass is 14.3. The number of aryl methyl sites for hydroxylation is 4. The summed E-state index contributed by atoms with van der Waals surface area (Å²) in [4.78, 5) is 0. The number of hydrogen-bond donors (Lipinski definition) is 0. The molecule has 466 valence electrons. The van der Waals surface area contributed by atoms with Crippen LogP contribution in [0.4, 0.5) is 0 Å². The molecule has 0 saturated carbocycles. The van der Waals surface area contributed by atoms with Crippen LogP contribution in [0, 0.1) is 0 Å². The van der Waals surface area contributed by atoms with Crippen LogP contribution in [-0.2, 0) is 38.5 Å². The van der Waals surface area contributed by atoms with E-state index in [0.717, 1.165) is 25.7 Å². The van der Waals surface area contributed by atoms with Crippen LogP contribution in [-0.4, -0.2) is 0 Å². The second kappa shape index (κ2) is 46.3. The Morgan fingerprint density at radius 2 is 0.321 bits per heavy atom. The van der Waals surface area contributed by atoms with E-state index < -0.39 is 0 Å². The smallest absolute Gasteiger partial charge is 0.00176 e. The fourth-order valence-corrected chi connectivity index (χ4v) is 13.7. The molecular formula is C84H130. The first-order valence-corrected chi connectivity index (χ1v) is 37.1. The number of benzene rings is 5. The van der Waals surface area contributed by atoms with Crippen molar-refractivity contribution in [1.82, 2.24) is 0 Å². The third-order valence-electron chi connectivity index (χ3n) is 19.0. The molecule has 0 aliphatic carbocycles. The maximum atomic E-state index is 2.53. The molecule has 0 heteroatoms. The molecule has 0 spiro atoms. The fraction of sp³-hybridized carbons (Fsp3) is 0.643. The van der Waals surface area contributed by atoms with Gasteiger partial charge in [-0.25, -0.2) is 0 Å². The summed E-state index contributed by atoms with van der Waals surface area (Å²) in [5.41, 5.74) is 20.5. The third-order valence-corrected chi connectivity index (χ3v) is 19.0. The first-order chi connectivity index (χ1) is 41.6. The van der Waals surface area contributed by atoms with Gasteiger partial charge in [0.2, 0.25) is 0 Å². The second-order valence-corrected chi connectivity index (χ2v) is 26.5. The van der Waals surface area contributed by atoms with Crippen LogP contribution in [0.3, 0.4) is 0 Å². The maximum absolute atomic E-state index is 2.53. The van der Waals surface area contributed by atoms with E-state index in [1.807, 2.05) is 0 Å². The van der Waals surface area contributed by atoms with Crippen LogP contribution in [0.2, 0.25) is 0 Å². The summed E-state index contributed by atoms with van der Waals surface area (Å²) >= 11 is 0. The molecule has 0 unspecified atom stereocenters. The lowest BCUT2D eigenvalue weighted by Gasteiger charge is -2.28. The van der Waals surface area contributed by atoms with Crippen molar-refractivity contribution in [3.63, 3.8) is 0 Å². The largest absolute Gasteiger partial charge is 0.0654 e. The van der Waals surface area contributed by atoms with E-state index in [1.54, 1.807) is 11.1 Å². The molecule has 5 aromatic rings. The van der Waals surface area contributed by atoms with Crippen molar-refractivity contribution in [3.8, 4) is 44.5 Å². The zero-order chi connectivity index (χ0) is 59.3. The molecule has 0 aliphatic rings. The van der Waals surface area contributed by atoms with Crippen molar-refractivity contribution in [2.75, 3.05) is 0 Å². The van der Waals surface area contributed by atoms with Gasteiger partial charge >= 0.3 is 0 Å². The summed E-state index contributed by atoms with van der Waals surface area (Å²) in [5.74, 6) is 0. The van der Waals surface area contributed by atoms with Gasteiger partial charge in [0.25, 0.3) is 0 Å². The lowest BCUT2D eigenvalue weighted by molar-refractivity contribution is 0.556. The van der Waals surface area contributed by atoms with Gasteiger partial charge < -0.3 is 0 Å². The zero-order valence-electron chi connectivity index (χ0n) is 56.2. The van der Waals surface area contributed by atoms with Crippen LogP contribution >= 0.6 is 0 Å². The van der Waals surface area contributed by atoms with Crippen LogP contribution in [0.1, 0.15) is 345 Å². The van der Waals surface area contributed by atoms with Crippen molar-refractivity contribution < 1.29 is 0 Å². The molecule has 0 fully saturated rings. The molecule has 0 radical (unpaired) electrons. The first kappa shape index (κ1) is 70.9. The molecule has 0 nitrogen and oxygen atoms in total. The summed E-state index contributed by atoms with van der Waals surface area (Å²) in [6.07, 6.45) is 64.5. The standard InChI is InChI=1S/C84H130/c1-7-13-17-21-25-29-33-37-41-45-51-71-55-63-75(64-56-71)81-79(49-11-5)80(50-12-6)82(76-65-57-72(58-66-76)52-46-42-38-34-30-26-22-18-14-8-2)84(78-69-61-74(62-70-78)54-48-44-40-36-32-28-24-20-16-10-4)83(81)77-67-59-73(60-68-77)53-47-43-39-35-31-27-23-19-15-9-3/h55-70H,7-54H2,1-6H3. The molecule has 0 atom stereocenters. The lowest BCUT2D eigenvalue weighted by atomic mass is 9.75. The molecule has 84 heavy (non-hydrogen) atoms. The van der Waals surface area contributed by atoms with Crippen LogP contribution in [0.5, 0.6) is 0 Å². The van der Waals surface area contributed by atoms with Crippen molar-refractivity contribution in [1.29, 1.82) is 0 Å². The zero-order valence-corrected chi connectivity index (χ0v) is 56.2. The van der Waals surface area contributed by atoms with Crippen LogP contribution < -0.4 is 0 Å². The average molecular weight is 1140 g/mol. The van der Waals surface area contributed by atoms with E-state index in [1.165, 1.54) is 349 Å². The lowest BCUT2D eigenvalue weighted by Crippen LogP contribution is -2.07. The Bertz CT molecular complexity index is 2170. The van der Waals surface area contributed by atoms with E-state index in [9.17, 15) is 0 Å². The maximum Gasteiger partial charge on any atom is -0.00176 e. The van der Waals surface area contributed by atoms with E-state index in [-0.39, 0.29) is 0 Å². The third kappa shape index (κ3) is 27.4. The highest BCUT2D eigenvalue weighted by molar-refractivity contribution is 6.04. The van der Waals surface area contributed by atoms with E-state index in [4.69, 9.17) is 0 Å². The van der Waals surface area contributed by atoms with Gasteiger partial charge in [-0.05, 0) is 142 Å². The fourth-order valence-electron chi connectivity index (χ4n) is 13.7. The summed E-state index contributed by atoms with van der Waals surface area (Å²) in [5, 5.41) is 0. The Hall–Kier alpha value is -3.90.